The zero-order valence-electron chi connectivity index (χ0n) is 15.7. The standard InChI is InChI=1S/C22H24N2OS/c1-6-22(3,16-10-8-7-9-11-16)19(21(25)24(4)5)20-23-17-13-12-15(2)14-18(17)26-20/h6-14,19H,1H2,2-5H3/t19-,22+/m1/s1. The Morgan fingerprint density at radius 2 is 1.92 bits per heavy atom. The predicted molar refractivity (Wildman–Crippen MR) is 110 cm³/mol. The van der Waals surface area contributed by atoms with Crippen LogP contribution in [0.15, 0.2) is 61.2 Å². The van der Waals surface area contributed by atoms with Crippen LogP contribution in [0.5, 0.6) is 0 Å². The number of hydrogen-bond acceptors (Lipinski definition) is 3. The van der Waals surface area contributed by atoms with E-state index in [9.17, 15) is 4.79 Å². The minimum atomic E-state index is -0.550. The van der Waals surface area contributed by atoms with Crippen molar-refractivity contribution >= 4 is 27.5 Å². The van der Waals surface area contributed by atoms with E-state index < -0.39 is 11.3 Å². The summed E-state index contributed by atoms with van der Waals surface area (Å²) >= 11 is 1.60. The number of benzene rings is 2. The van der Waals surface area contributed by atoms with Gasteiger partial charge >= 0.3 is 0 Å². The molecule has 134 valence electrons. The van der Waals surface area contributed by atoms with Crippen molar-refractivity contribution in [2.45, 2.75) is 25.2 Å². The van der Waals surface area contributed by atoms with Gasteiger partial charge in [0.1, 0.15) is 10.9 Å². The molecule has 0 aliphatic carbocycles. The molecule has 1 heterocycles. The lowest BCUT2D eigenvalue weighted by Crippen LogP contribution is -2.40. The minimum Gasteiger partial charge on any atom is -0.348 e. The first kappa shape index (κ1) is 18.3. The number of thiazole rings is 1. The average Bonchev–Trinajstić information content (AvgIpc) is 3.04. The van der Waals surface area contributed by atoms with Crippen molar-refractivity contribution in [3.63, 3.8) is 0 Å². The molecule has 0 spiro atoms. The fraction of sp³-hybridized carbons (Fsp3) is 0.273. The van der Waals surface area contributed by atoms with Crippen LogP contribution in [-0.2, 0) is 10.2 Å². The van der Waals surface area contributed by atoms with E-state index >= 15 is 0 Å². The van der Waals surface area contributed by atoms with Crippen LogP contribution in [0.4, 0.5) is 0 Å². The Morgan fingerprint density at radius 1 is 1.23 bits per heavy atom. The number of rotatable bonds is 5. The Kier molecular flexibility index (Phi) is 4.97. The lowest BCUT2D eigenvalue weighted by Gasteiger charge is -2.35. The molecule has 3 aromatic rings. The summed E-state index contributed by atoms with van der Waals surface area (Å²) in [6, 6.07) is 16.3. The van der Waals surface area contributed by atoms with Gasteiger partial charge in [0.25, 0.3) is 0 Å². The van der Waals surface area contributed by atoms with Gasteiger partial charge in [0.2, 0.25) is 5.91 Å². The molecule has 4 heteroatoms. The van der Waals surface area contributed by atoms with E-state index in [1.54, 1.807) is 30.3 Å². The SMILES string of the molecule is C=C[C@@](C)(c1ccccc1)[C@@H](C(=O)N(C)C)c1nc2ccc(C)cc2s1. The Labute approximate surface area is 159 Å². The van der Waals surface area contributed by atoms with Crippen molar-refractivity contribution in [2.75, 3.05) is 14.1 Å². The van der Waals surface area contributed by atoms with Gasteiger partial charge < -0.3 is 4.90 Å². The summed E-state index contributed by atoms with van der Waals surface area (Å²) in [5.74, 6) is -0.387. The van der Waals surface area contributed by atoms with Gasteiger partial charge in [-0.1, -0.05) is 49.4 Å². The lowest BCUT2D eigenvalue weighted by molar-refractivity contribution is -0.131. The first-order valence-corrected chi connectivity index (χ1v) is 9.46. The first-order valence-electron chi connectivity index (χ1n) is 8.64. The van der Waals surface area contributed by atoms with Crippen LogP contribution in [0.3, 0.4) is 0 Å². The molecule has 26 heavy (non-hydrogen) atoms. The molecule has 0 aliphatic rings. The second-order valence-corrected chi connectivity index (χ2v) is 8.10. The quantitative estimate of drug-likeness (QED) is 0.602. The minimum absolute atomic E-state index is 0.0343. The maximum absolute atomic E-state index is 13.2. The summed E-state index contributed by atoms with van der Waals surface area (Å²) in [5.41, 5.74) is 2.64. The molecule has 3 nitrogen and oxygen atoms in total. The van der Waals surface area contributed by atoms with Crippen LogP contribution in [0, 0.1) is 6.92 Å². The summed E-state index contributed by atoms with van der Waals surface area (Å²) in [7, 11) is 3.59. The Balaban J connectivity index is 2.21. The van der Waals surface area contributed by atoms with Crippen molar-refractivity contribution < 1.29 is 4.79 Å². The lowest BCUT2D eigenvalue weighted by atomic mass is 9.71. The second kappa shape index (κ2) is 7.04. The molecule has 0 aliphatic heterocycles. The highest BCUT2D eigenvalue weighted by atomic mass is 32.1. The van der Waals surface area contributed by atoms with Gasteiger partial charge in [0.15, 0.2) is 0 Å². The van der Waals surface area contributed by atoms with E-state index in [2.05, 4.69) is 44.7 Å². The van der Waals surface area contributed by atoms with Crippen LogP contribution in [0.25, 0.3) is 10.2 Å². The molecule has 0 unspecified atom stereocenters. The molecule has 1 aromatic heterocycles. The molecule has 0 fully saturated rings. The number of aryl methyl sites for hydroxylation is 1. The molecule has 2 aromatic carbocycles. The smallest absolute Gasteiger partial charge is 0.233 e. The summed E-state index contributed by atoms with van der Waals surface area (Å²) in [6.45, 7) is 8.21. The van der Waals surface area contributed by atoms with E-state index in [0.717, 1.165) is 20.8 Å². The Morgan fingerprint density at radius 3 is 2.54 bits per heavy atom. The molecule has 3 rings (SSSR count). The predicted octanol–water partition coefficient (Wildman–Crippen LogP) is 4.92. The highest BCUT2D eigenvalue weighted by molar-refractivity contribution is 7.18. The third-order valence-electron chi connectivity index (χ3n) is 4.91. The molecule has 0 saturated carbocycles. The van der Waals surface area contributed by atoms with Gasteiger partial charge in [-0.05, 0) is 30.2 Å². The van der Waals surface area contributed by atoms with Gasteiger partial charge in [0.05, 0.1) is 10.2 Å². The summed E-state index contributed by atoms with van der Waals surface area (Å²) in [6.07, 6.45) is 1.88. The fourth-order valence-corrected chi connectivity index (χ4v) is 4.55. The Bertz CT molecular complexity index is 945. The van der Waals surface area contributed by atoms with Gasteiger partial charge in [-0.2, -0.15) is 0 Å². The van der Waals surface area contributed by atoms with Gasteiger partial charge in [-0.3, -0.25) is 4.79 Å². The van der Waals surface area contributed by atoms with Crippen molar-refractivity contribution in [2.24, 2.45) is 0 Å². The number of amides is 1. The monoisotopic (exact) mass is 364 g/mol. The third kappa shape index (κ3) is 3.17. The number of likely N-dealkylation sites (N-methyl/N-ethyl adjacent to an activating group) is 1. The molecule has 0 N–H and O–H groups in total. The zero-order chi connectivity index (χ0) is 18.9. The maximum atomic E-state index is 13.2. The van der Waals surface area contributed by atoms with Crippen molar-refractivity contribution in [1.82, 2.24) is 9.88 Å². The number of nitrogens with zero attached hydrogens (tertiary/aromatic N) is 2. The molecule has 2 atom stereocenters. The molecule has 1 amide bonds. The normalized spacial score (nSPS) is 14.6. The van der Waals surface area contributed by atoms with Crippen molar-refractivity contribution in [1.29, 1.82) is 0 Å². The average molecular weight is 365 g/mol. The van der Waals surface area contributed by atoms with E-state index in [4.69, 9.17) is 4.98 Å². The highest BCUT2D eigenvalue weighted by Crippen LogP contribution is 2.43. The van der Waals surface area contributed by atoms with Crippen molar-refractivity contribution in [3.05, 3.63) is 77.3 Å². The molecule has 0 saturated heterocycles. The summed E-state index contributed by atoms with van der Waals surface area (Å²) in [5, 5.41) is 0.829. The van der Waals surface area contributed by atoms with Crippen molar-refractivity contribution in [3.8, 4) is 0 Å². The maximum Gasteiger partial charge on any atom is 0.233 e. The third-order valence-corrected chi connectivity index (χ3v) is 6.00. The van der Waals surface area contributed by atoms with Gasteiger partial charge in [-0.25, -0.2) is 4.98 Å². The van der Waals surface area contributed by atoms with E-state index in [0.29, 0.717) is 0 Å². The highest BCUT2D eigenvalue weighted by Gasteiger charge is 2.42. The number of fused-ring (bicyclic) bond motifs is 1. The second-order valence-electron chi connectivity index (χ2n) is 7.04. The molecule has 0 bridgehead atoms. The van der Waals surface area contributed by atoms with Gasteiger partial charge in [0, 0.05) is 19.5 Å². The van der Waals surface area contributed by atoms with Crippen LogP contribution in [0.1, 0.15) is 29.0 Å². The van der Waals surface area contributed by atoms with E-state index in [1.807, 2.05) is 30.3 Å². The van der Waals surface area contributed by atoms with Crippen LogP contribution < -0.4 is 0 Å². The van der Waals surface area contributed by atoms with Gasteiger partial charge in [-0.15, -0.1) is 17.9 Å². The number of hydrogen-bond donors (Lipinski definition) is 0. The number of allylic oxidation sites excluding steroid dienone is 1. The van der Waals surface area contributed by atoms with Crippen LogP contribution in [0.2, 0.25) is 0 Å². The fourth-order valence-electron chi connectivity index (χ4n) is 3.25. The largest absolute Gasteiger partial charge is 0.348 e. The molecular formula is C22H24N2OS. The molecule has 0 radical (unpaired) electrons. The molecular weight excluding hydrogens is 340 g/mol. The zero-order valence-corrected chi connectivity index (χ0v) is 16.5. The van der Waals surface area contributed by atoms with Crippen LogP contribution in [-0.4, -0.2) is 29.9 Å². The topological polar surface area (TPSA) is 33.2 Å². The number of carbonyl (C=O) groups excluding carboxylic acids is 1. The summed E-state index contributed by atoms with van der Waals surface area (Å²) < 4.78 is 1.11. The number of aromatic nitrogens is 1. The number of carbonyl (C=O) groups is 1. The van der Waals surface area contributed by atoms with Crippen LogP contribution >= 0.6 is 11.3 Å². The first-order chi connectivity index (χ1) is 12.4. The summed E-state index contributed by atoms with van der Waals surface area (Å²) in [4.78, 5) is 19.7. The van der Waals surface area contributed by atoms with E-state index in [-0.39, 0.29) is 5.91 Å². The Hall–Kier alpha value is -2.46. The van der Waals surface area contributed by atoms with E-state index in [1.165, 1.54) is 5.56 Å².